The van der Waals surface area contributed by atoms with E-state index >= 15 is 0 Å². The van der Waals surface area contributed by atoms with Gasteiger partial charge in [-0.3, -0.25) is 4.57 Å². The highest BCUT2D eigenvalue weighted by Crippen LogP contribution is 2.31. The fourth-order valence-corrected chi connectivity index (χ4v) is 3.11. The molecule has 1 aliphatic rings. The molecule has 3 aromatic rings. The molecule has 5 N–H and O–H groups in total. The average Bonchev–Trinajstić information content (AvgIpc) is 3.23. The first-order chi connectivity index (χ1) is 13.5. The van der Waals surface area contributed by atoms with Gasteiger partial charge in [-0.15, -0.1) is 0 Å². The number of aliphatic hydroxyl groups excluding tert-OH is 3. The Labute approximate surface area is 158 Å². The number of benzene rings is 1. The van der Waals surface area contributed by atoms with Gasteiger partial charge in [0, 0.05) is 0 Å². The van der Waals surface area contributed by atoms with E-state index in [2.05, 4.69) is 9.97 Å². The topological polar surface area (TPSA) is 140 Å². The third-order valence-electron chi connectivity index (χ3n) is 4.58. The van der Waals surface area contributed by atoms with Crippen molar-refractivity contribution in [3.8, 4) is 0 Å². The van der Waals surface area contributed by atoms with Crippen LogP contribution in [0.2, 0.25) is 0 Å². The zero-order chi connectivity index (χ0) is 19.8. The smallest absolute Gasteiger partial charge is 0.289 e. The maximum absolute atomic E-state index is 13.3. The molecule has 0 aliphatic carbocycles. The van der Waals surface area contributed by atoms with Gasteiger partial charge >= 0.3 is 0 Å². The van der Waals surface area contributed by atoms with Crippen molar-refractivity contribution >= 4 is 17.0 Å². The molecule has 0 spiro atoms. The van der Waals surface area contributed by atoms with Gasteiger partial charge < -0.3 is 30.6 Å². The van der Waals surface area contributed by atoms with E-state index in [9.17, 15) is 19.7 Å². The lowest BCUT2D eigenvalue weighted by atomic mass is 10.1. The van der Waals surface area contributed by atoms with E-state index in [1.165, 1.54) is 34.1 Å². The first-order valence-corrected chi connectivity index (χ1v) is 8.52. The van der Waals surface area contributed by atoms with Crippen molar-refractivity contribution in [3.05, 3.63) is 48.3 Å². The maximum Gasteiger partial charge on any atom is 0.289 e. The predicted octanol–water partition coefficient (Wildman–Crippen LogP) is -1.32. The van der Waals surface area contributed by atoms with Crippen LogP contribution in [0.25, 0.3) is 11.2 Å². The van der Waals surface area contributed by atoms with Crippen LogP contribution >= 0.6 is 0 Å². The summed E-state index contributed by atoms with van der Waals surface area (Å²) in [5, 5.41) is 29.4. The van der Waals surface area contributed by atoms with Crippen LogP contribution < -0.4 is 15.3 Å². The molecule has 148 valence electrons. The summed E-state index contributed by atoms with van der Waals surface area (Å²) in [5.74, 6) is -0.225. The van der Waals surface area contributed by atoms with Gasteiger partial charge in [0.25, 0.3) is 12.1 Å². The molecule has 0 radical (unpaired) electrons. The molecule has 10 nitrogen and oxygen atoms in total. The van der Waals surface area contributed by atoms with Crippen LogP contribution in [-0.2, 0) is 11.3 Å². The molecule has 1 saturated heterocycles. The average molecular weight is 392 g/mol. The van der Waals surface area contributed by atoms with E-state index in [1.807, 2.05) is 0 Å². The van der Waals surface area contributed by atoms with Crippen molar-refractivity contribution in [2.24, 2.45) is 0 Å². The zero-order valence-electron chi connectivity index (χ0n) is 14.6. The third kappa shape index (κ3) is 3.14. The number of fused-ring (bicyclic) bond motifs is 1. The standard InChI is InChI=1S/C17H18FN5O5/c18-10-3-1-2-9(4-10)6-27-23-8-21-16-12(15(23)19)20-7-22(16)17-14(26)13(25)11(5-24)28-17/h1-4,7-8,11,13-14,17,19,24-26H,5-6H2/p+1/t11-,13-,14-,17-/m1/s1. The van der Waals surface area contributed by atoms with Crippen LogP contribution in [0.5, 0.6) is 0 Å². The van der Waals surface area contributed by atoms with E-state index in [4.69, 9.17) is 15.3 Å². The van der Waals surface area contributed by atoms with Crippen LogP contribution in [0, 0.1) is 5.82 Å². The van der Waals surface area contributed by atoms with Gasteiger partial charge in [0.2, 0.25) is 11.2 Å². The second-order valence-electron chi connectivity index (χ2n) is 6.41. The number of nitrogen functional groups attached to an aromatic ring is 1. The van der Waals surface area contributed by atoms with Gasteiger partial charge in [0.1, 0.15) is 30.5 Å². The molecule has 11 heteroatoms. The molecule has 1 fully saturated rings. The fourth-order valence-electron chi connectivity index (χ4n) is 3.11. The summed E-state index contributed by atoms with van der Waals surface area (Å²) in [7, 11) is 0. The van der Waals surface area contributed by atoms with Gasteiger partial charge in [0.15, 0.2) is 12.8 Å². The Morgan fingerprint density at radius 3 is 2.82 bits per heavy atom. The van der Waals surface area contributed by atoms with Crippen LogP contribution in [0.1, 0.15) is 11.8 Å². The van der Waals surface area contributed by atoms with Crippen molar-refractivity contribution in [1.82, 2.24) is 14.5 Å². The highest BCUT2D eigenvalue weighted by molar-refractivity contribution is 5.79. The number of hydrogen-bond acceptors (Lipinski definition) is 8. The highest BCUT2D eigenvalue weighted by atomic mass is 19.1. The molecule has 0 bridgehead atoms. The van der Waals surface area contributed by atoms with Crippen LogP contribution in [-0.4, -0.2) is 54.8 Å². The number of nitrogens with two attached hydrogens (primary N) is 1. The summed E-state index contributed by atoms with van der Waals surface area (Å²) in [5.41, 5.74) is 7.31. The minimum atomic E-state index is -1.27. The number of aromatic nitrogens is 4. The molecule has 28 heavy (non-hydrogen) atoms. The molecule has 0 amide bonds. The first kappa shape index (κ1) is 18.5. The predicted molar refractivity (Wildman–Crippen MR) is 91.8 cm³/mol. The maximum atomic E-state index is 13.3. The van der Waals surface area contributed by atoms with Gasteiger partial charge in [-0.1, -0.05) is 21.8 Å². The van der Waals surface area contributed by atoms with Gasteiger partial charge in [0.05, 0.1) is 6.61 Å². The van der Waals surface area contributed by atoms with E-state index in [-0.39, 0.29) is 18.2 Å². The first-order valence-electron chi connectivity index (χ1n) is 8.52. The van der Waals surface area contributed by atoms with Crippen molar-refractivity contribution < 1.29 is 34.0 Å². The van der Waals surface area contributed by atoms with E-state index in [1.54, 1.807) is 12.1 Å². The fraction of sp³-hybridized carbons (Fsp3) is 0.353. The minimum Gasteiger partial charge on any atom is -0.394 e. The Kier molecular flexibility index (Phi) is 4.81. The van der Waals surface area contributed by atoms with Crippen molar-refractivity contribution in [3.63, 3.8) is 0 Å². The molecule has 2 aromatic heterocycles. The molecular formula is C17H19FN5O5+. The van der Waals surface area contributed by atoms with Crippen LogP contribution in [0.15, 0.2) is 36.9 Å². The summed E-state index contributed by atoms with van der Waals surface area (Å²) in [6.45, 7) is -0.375. The molecule has 0 saturated carbocycles. The molecule has 1 aliphatic heterocycles. The number of nitrogens with zero attached hydrogens (tertiary/aromatic N) is 4. The Balaban J connectivity index is 1.59. The van der Waals surface area contributed by atoms with E-state index in [0.29, 0.717) is 16.7 Å². The monoisotopic (exact) mass is 392 g/mol. The minimum absolute atomic E-state index is 0.0648. The molecule has 3 heterocycles. The normalized spacial score (nSPS) is 24.7. The number of aliphatic hydroxyl groups is 3. The lowest BCUT2D eigenvalue weighted by Gasteiger charge is -2.15. The molecule has 4 rings (SSSR count). The van der Waals surface area contributed by atoms with Gasteiger partial charge in [-0.25, -0.2) is 9.37 Å². The molecule has 1 aromatic carbocycles. The zero-order valence-corrected chi connectivity index (χ0v) is 14.6. The van der Waals surface area contributed by atoms with Crippen LogP contribution in [0.4, 0.5) is 10.2 Å². The van der Waals surface area contributed by atoms with Crippen molar-refractivity contribution in [2.75, 3.05) is 12.3 Å². The van der Waals surface area contributed by atoms with Crippen molar-refractivity contribution in [2.45, 2.75) is 31.1 Å². The second kappa shape index (κ2) is 7.28. The highest BCUT2D eigenvalue weighted by Gasteiger charge is 2.44. The van der Waals surface area contributed by atoms with E-state index < -0.39 is 31.1 Å². The number of imidazole rings is 1. The molecular weight excluding hydrogens is 373 g/mol. The van der Waals surface area contributed by atoms with Gasteiger partial charge in [-0.2, -0.15) is 0 Å². The number of ether oxygens (including phenoxy) is 1. The lowest BCUT2D eigenvalue weighted by Crippen LogP contribution is -2.45. The summed E-state index contributed by atoms with van der Waals surface area (Å²) < 4.78 is 21.4. The molecule has 0 unspecified atom stereocenters. The third-order valence-corrected chi connectivity index (χ3v) is 4.58. The SMILES string of the molecule is Nc1c2ncn([C@@H]3O[C@H](CO)[C@@H](O)[C@H]3O)c2nc[n+]1OCc1cccc(F)c1. The van der Waals surface area contributed by atoms with E-state index in [0.717, 1.165) is 0 Å². The Hall–Kier alpha value is -2.86. The quantitative estimate of drug-likeness (QED) is 0.392. The summed E-state index contributed by atoms with van der Waals surface area (Å²) >= 11 is 0. The van der Waals surface area contributed by atoms with Crippen molar-refractivity contribution in [1.29, 1.82) is 0 Å². The number of hydrogen-bond donors (Lipinski definition) is 4. The second-order valence-corrected chi connectivity index (χ2v) is 6.41. The van der Waals surface area contributed by atoms with Crippen LogP contribution in [0.3, 0.4) is 0 Å². The summed E-state index contributed by atoms with van der Waals surface area (Å²) in [6.07, 6.45) is -1.73. The summed E-state index contributed by atoms with van der Waals surface area (Å²) in [4.78, 5) is 14.0. The number of anilines is 1. The Morgan fingerprint density at radius 2 is 2.11 bits per heavy atom. The largest absolute Gasteiger partial charge is 0.394 e. The number of rotatable bonds is 5. The summed E-state index contributed by atoms with van der Waals surface area (Å²) in [6, 6.07) is 5.97. The number of halogens is 1. The Bertz CT molecular complexity index is 999. The van der Waals surface area contributed by atoms with Gasteiger partial charge in [-0.05, 0) is 17.7 Å². The molecule has 4 atom stereocenters. The lowest BCUT2D eigenvalue weighted by molar-refractivity contribution is -0.885. The Morgan fingerprint density at radius 1 is 1.29 bits per heavy atom.